The minimum Gasteiger partial charge on any atom is -0.545 e. The molecular weight excluding hydrogens is 278 g/mol. The highest BCUT2D eigenvalue weighted by Crippen LogP contribution is 2.60. The maximum absolute atomic E-state index is 12.8. The number of hydrogen-bond acceptors (Lipinski definition) is 3. The molecule has 4 bridgehead atoms. The Morgan fingerprint density at radius 3 is 1.91 bits per heavy atom. The molecule has 1 N–H and O–H groups in total. The molecule has 0 unspecified atom stereocenters. The summed E-state index contributed by atoms with van der Waals surface area (Å²) in [5, 5.41) is 13.8. The molecule has 4 nitrogen and oxygen atoms in total. The summed E-state index contributed by atoms with van der Waals surface area (Å²) >= 11 is 0. The molecule has 4 aliphatic carbocycles. The Kier molecular flexibility index (Phi) is 3.03. The number of carbonyl (C=O) groups is 2. The van der Waals surface area contributed by atoms with E-state index in [-0.39, 0.29) is 16.9 Å². The molecule has 0 aliphatic heterocycles. The van der Waals surface area contributed by atoms with Gasteiger partial charge in [0.1, 0.15) is 0 Å². The number of carboxylic acid groups (broad SMARTS) is 1. The van der Waals surface area contributed by atoms with Gasteiger partial charge in [-0.2, -0.15) is 0 Å². The summed E-state index contributed by atoms with van der Waals surface area (Å²) in [6.45, 7) is 0. The van der Waals surface area contributed by atoms with Gasteiger partial charge < -0.3 is 15.2 Å². The van der Waals surface area contributed by atoms with Crippen LogP contribution in [-0.4, -0.2) is 11.9 Å². The molecule has 1 aromatic rings. The summed E-state index contributed by atoms with van der Waals surface area (Å²) in [7, 11) is 0. The zero-order valence-corrected chi connectivity index (χ0v) is 12.5. The van der Waals surface area contributed by atoms with Crippen molar-refractivity contribution >= 4 is 17.6 Å². The summed E-state index contributed by atoms with van der Waals surface area (Å²) in [6, 6.07) is 6.24. The molecule has 5 rings (SSSR count). The molecule has 0 heterocycles. The summed E-state index contributed by atoms with van der Waals surface area (Å²) in [4.78, 5) is 23.6. The first-order valence-corrected chi connectivity index (χ1v) is 8.17. The predicted molar refractivity (Wildman–Crippen MR) is 80.0 cm³/mol. The molecule has 4 heteroatoms. The quantitative estimate of drug-likeness (QED) is 0.930. The van der Waals surface area contributed by atoms with Gasteiger partial charge >= 0.3 is 0 Å². The highest BCUT2D eigenvalue weighted by Gasteiger charge is 2.54. The van der Waals surface area contributed by atoms with Gasteiger partial charge in [0.05, 0.1) is 11.4 Å². The van der Waals surface area contributed by atoms with Gasteiger partial charge in [-0.05, 0) is 74.0 Å². The maximum atomic E-state index is 12.8. The summed E-state index contributed by atoms with van der Waals surface area (Å²) in [5.41, 5.74) is 0.625. The Balaban J connectivity index is 1.51. The summed E-state index contributed by atoms with van der Waals surface area (Å²) in [5.74, 6) is 1.14. The third-order valence-electron chi connectivity index (χ3n) is 5.90. The van der Waals surface area contributed by atoms with Crippen LogP contribution in [0.4, 0.5) is 5.69 Å². The Morgan fingerprint density at radius 1 is 0.955 bits per heavy atom. The van der Waals surface area contributed by atoms with E-state index in [1.807, 2.05) is 0 Å². The largest absolute Gasteiger partial charge is 0.545 e. The zero-order valence-electron chi connectivity index (χ0n) is 12.5. The van der Waals surface area contributed by atoms with Crippen molar-refractivity contribution in [2.24, 2.45) is 23.2 Å². The van der Waals surface area contributed by atoms with E-state index >= 15 is 0 Å². The van der Waals surface area contributed by atoms with Crippen LogP contribution in [0.2, 0.25) is 0 Å². The van der Waals surface area contributed by atoms with Gasteiger partial charge in [0, 0.05) is 5.69 Å². The molecule has 1 aromatic carbocycles. The van der Waals surface area contributed by atoms with Gasteiger partial charge in [-0.25, -0.2) is 0 Å². The zero-order chi connectivity index (χ0) is 15.3. The van der Waals surface area contributed by atoms with E-state index in [0.717, 1.165) is 37.0 Å². The number of hydrogen-bond donors (Lipinski definition) is 1. The lowest BCUT2D eigenvalue weighted by Gasteiger charge is -2.55. The SMILES string of the molecule is O=C([O-])c1ccc(NC(=O)C23CC4CC(CC(C4)C2)C3)cc1. The molecule has 0 spiro atoms. The average molecular weight is 298 g/mol. The Labute approximate surface area is 129 Å². The number of anilines is 1. The van der Waals surface area contributed by atoms with Gasteiger partial charge in [-0.3, -0.25) is 4.79 Å². The van der Waals surface area contributed by atoms with Crippen LogP contribution >= 0.6 is 0 Å². The van der Waals surface area contributed by atoms with Crippen molar-refractivity contribution in [1.29, 1.82) is 0 Å². The standard InChI is InChI=1S/C18H21NO3/c20-16(21)14-1-3-15(4-2-14)19-17(22)18-8-11-5-12(9-18)7-13(6-11)10-18/h1-4,11-13H,5-10H2,(H,19,22)(H,20,21)/p-1. The van der Waals surface area contributed by atoms with Gasteiger partial charge in [0.25, 0.3) is 0 Å². The van der Waals surface area contributed by atoms with E-state index < -0.39 is 5.97 Å². The van der Waals surface area contributed by atoms with Crippen molar-refractivity contribution in [3.8, 4) is 0 Å². The van der Waals surface area contributed by atoms with Crippen molar-refractivity contribution < 1.29 is 14.7 Å². The van der Waals surface area contributed by atoms with Gasteiger partial charge in [0.15, 0.2) is 0 Å². The minimum absolute atomic E-state index is 0.132. The summed E-state index contributed by atoms with van der Waals surface area (Å²) in [6.07, 6.45) is 7.03. The number of benzene rings is 1. The molecule has 4 fully saturated rings. The third kappa shape index (κ3) is 2.21. The van der Waals surface area contributed by atoms with Crippen LogP contribution in [0.5, 0.6) is 0 Å². The van der Waals surface area contributed by atoms with E-state index in [1.165, 1.54) is 31.4 Å². The first-order chi connectivity index (χ1) is 10.5. The molecule has 4 saturated carbocycles. The first-order valence-electron chi connectivity index (χ1n) is 8.17. The minimum atomic E-state index is -1.20. The molecule has 0 atom stereocenters. The van der Waals surface area contributed by atoms with Crippen LogP contribution in [-0.2, 0) is 4.79 Å². The normalized spacial score (nSPS) is 35.4. The van der Waals surface area contributed by atoms with E-state index in [4.69, 9.17) is 0 Å². The molecule has 1 amide bonds. The lowest BCUT2D eigenvalue weighted by Crippen LogP contribution is -2.51. The number of amides is 1. The van der Waals surface area contributed by atoms with Crippen molar-refractivity contribution in [2.45, 2.75) is 38.5 Å². The maximum Gasteiger partial charge on any atom is 0.230 e. The van der Waals surface area contributed by atoms with Crippen molar-refractivity contribution in [3.05, 3.63) is 29.8 Å². The Bertz CT molecular complexity index is 584. The fourth-order valence-corrected chi connectivity index (χ4v) is 5.34. The number of nitrogens with one attached hydrogen (secondary N) is 1. The van der Waals surface area contributed by atoms with Crippen LogP contribution in [0, 0.1) is 23.2 Å². The van der Waals surface area contributed by atoms with E-state index in [9.17, 15) is 14.7 Å². The molecule has 0 aromatic heterocycles. The van der Waals surface area contributed by atoms with Crippen LogP contribution in [0.3, 0.4) is 0 Å². The number of rotatable bonds is 3. The Hall–Kier alpha value is -1.84. The molecular formula is C18H20NO3-. The van der Waals surface area contributed by atoms with E-state index in [1.54, 1.807) is 12.1 Å². The average Bonchev–Trinajstić information content (AvgIpc) is 2.46. The van der Waals surface area contributed by atoms with Crippen LogP contribution in [0.25, 0.3) is 0 Å². The molecule has 22 heavy (non-hydrogen) atoms. The third-order valence-corrected chi connectivity index (χ3v) is 5.90. The van der Waals surface area contributed by atoms with Crippen LogP contribution in [0.1, 0.15) is 48.9 Å². The second-order valence-electron chi connectivity index (χ2n) is 7.52. The van der Waals surface area contributed by atoms with E-state index in [2.05, 4.69) is 5.32 Å². The molecule has 0 saturated heterocycles. The summed E-state index contributed by atoms with van der Waals surface area (Å²) < 4.78 is 0. The van der Waals surface area contributed by atoms with Crippen LogP contribution in [0.15, 0.2) is 24.3 Å². The predicted octanol–water partition coefficient (Wildman–Crippen LogP) is 2.21. The number of carboxylic acids is 1. The molecule has 0 radical (unpaired) electrons. The van der Waals surface area contributed by atoms with Gasteiger partial charge in [-0.15, -0.1) is 0 Å². The highest BCUT2D eigenvalue weighted by atomic mass is 16.4. The molecule has 4 aliphatic rings. The highest BCUT2D eigenvalue weighted by molar-refractivity contribution is 5.96. The fraction of sp³-hybridized carbons (Fsp3) is 0.556. The first kappa shape index (κ1) is 13.8. The second kappa shape index (κ2) is 4.83. The second-order valence-corrected chi connectivity index (χ2v) is 7.52. The van der Waals surface area contributed by atoms with Crippen molar-refractivity contribution in [3.63, 3.8) is 0 Å². The van der Waals surface area contributed by atoms with Crippen molar-refractivity contribution in [2.75, 3.05) is 5.32 Å². The van der Waals surface area contributed by atoms with Crippen LogP contribution < -0.4 is 10.4 Å². The van der Waals surface area contributed by atoms with Gasteiger partial charge in [0.2, 0.25) is 5.91 Å². The lowest BCUT2D eigenvalue weighted by molar-refractivity contribution is -0.255. The Morgan fingerprint density at radius 2 is 1.45 bits per heavy atom. The topological polar surface area (TPSA) is 69.2 Å². The number of carbonyl (C=O) groups excluding carboxylic acids is 2. The number of aromatic carboxylic acids is 1. The van der Waals surface area contributed by atoms with E-state index in [0.29, 0.717) is 5.69 Å². The fourth-order valence-electron chi connectivity index (χ4n) is 5.34. The monoisotopic (exact) mass is 298 g/mol. The van der Waals surface area contributed by atoms with Crippen molar-refractivity contribution in [1.82, 2.24) is 0 Å². The molecule has 116 valence electrons. The lowest BCUT2D eigenvalue weighted by atomic mass is 9.49. The van der Waals surface area contributed by atoms with Gasteiger partial charge in [-0.1, -0.05) is 12.1 Å². The smallest absolute Gasteiger partial charge is 0.230 e.